The number of rotatable bonds is 5. The van der Waals surface area contributed by atoms with Gasteiger partial charge >= 0.3 is 0 Å². The van der Waals surface area contributed by atoms with Crippen LogP contribution in [0.15, 0.2) is 29.2 Å². The Kier molecular flexibility index (Phi) is 4.81. The van der Waals surface area contributed by atoms with Crippen molar-refractivity contribution in [3.8, 4) is 11.8 Å². The van der Waals surface area contributed by atoms with Crippen molar-refractivity contribution in [3.05, 3.63) is 29.8 Å². The molecular weight excluding hydrogens is 272 g/mol. The van der Waals surface area contributed by atoms with Gasteiger partial charge in [-0.2, -0.15) is 0 Å². The molecule has 1 aliphatic rings. The largest absolute Gasteiger partial charge is 0.320 e. The van der Waals surface area contributed by atoms with Crippen LogP contribution in [0.5, 0.6) is 0 Å². The molecule has 1 aliphatic carbocycles. The van der Waals surface area contributed by atoms with Gasteiger partial charge in [0.1, 0.15) is 0 Å². The van der Waals surface area contributed by atoms with Crippen LogP contribution in [0.4, 0.5) is 0 Å². The van der Waals surface area contributed by atoms with Gasteiger partial charge in [0.25, 0.3) is 0 Å². The highest BCUT2D eigenvalue weighted by molar-refractivity contribution is 7.89. The summed E-state index contributed by atoms with van der Waals surface area (Å²) in [4.78, 5) is 0.254. The molecule has 0 heterocycles. The lowest BCUT2D eigenvalue weighted by Crippen LogP contribution is -2.29. The van der Waals surface area contributed by atoms with Gasteiger partial charge < -0.3 is 5.73 Å². The Morgan fingerprint density at radius 1 is 1.45 bits per heavy atom. The molecule has 0 saturated heterocycles. The van der Waals surface area contributed by atoms with Crippen molar-refractivity contribution in [3.63, 3.8) is 0 Å². The molecule has 1 atom stereocenters. The highest BCUT2D eigenvalue weighted by Crippen LogP contribution is 2.36. The van der Waals surface area contributed by atoms with Gasteiger partial charge in [-0.05, 0) is 42.9 Å². The highest BCUT2D eigenvalue weighted by atomic mass is 32.2. The van der Waals surface area contributed by atoms with Gasteiger partial charge in [-0.15, -0.1) is 0 Å². The predicted molar refractivity (Wildman–Crippen MR) is 79.5 cm³/mol. The zero-order chi connectivity index (χ0) is 14.6. The van der Waals surface area contributed by atoms with Gasteiger partial charge in [0.05, 0.1) is 11.4 Å². The van der Waals surface area contributed by atoms with E-state index in [1.807, 2.05) is 0 Å². The SMILES string of the molecule is CC(CNS(=O)(=O)c1cccc(C#CCN)c1)C1CC1. The zero-order valence-electron chi connectivity index (χ0n) is 11.6. The van der Waals surface area contributed by atoms with E-state index in [1.165, 1.54) is 12.8 Å². The fraction of sp³-hybridized carbons (Fsp3) is 0.467. The molecule has 0 bridgehead atoms. The molecule has 2 rings (SSSR count). The summed E-state index contributed by atoms with van der Waals surface area (Å²) in [5.41, 5.74) is 5.97. The first kappa shape index (κ1) is 15.0. The van der Waals surface area contributed by atoms with Gasteiger partial charge in [0, 0.05) is 12.1 Å². The maximum Gasteiger partial charge on any atom is 0.240 e. The van der Waals surface area contributed by atoms with E-state index in [0.29, 0.717) is 23.9 Å². The van der Waals surface area contributed by atoms with Gasteiger partial charge in [0.15, 0.2) is 0 Å². The molecule has 1 fully saturated rings. The van der Waals surface area contributed by atoms with E-state index < -0.39 is 10.0 Å². The molecule has 1 unspecified atom stereocenters. The molecule has 0 amide bonds. The molecule has 20 heavy (non-hydrogen) atoms. The normalized spacial score (nSPS) is 16.3. The molecule has 0 spiro atoms. The molecule has 0 radical (unpaired) electrons. The Morgan fingerprint density at radius 2 is 2.20 bits per heavy atom. The van der Waals surface area contributed by atoms with E-state index >= 15 is 0 Å². The van der Waals surface area contributed by atoms with Crippen LogP contribution in [0.2, 0.25) is 0 Å². The second kappa shape index (κ2) is 6.40. The van der Waals surface area contributed by atoms with Crippen molar-refractivity contribution < 1.29 is 8.42 Å². The first-order valence-electron chi connectivity index (χ1n) is 6.81. The average Bonchev–Trinajstić information content (AvgIpc) is 3.27. The second-order valence-corrected chi connectivity index (χ2v) is 6.97. The lowest BCUT2D eigenvalue weighted by molar-refractivity contribution is 0.492. The zero-order valence-corrected chi connectivity index (χ0v) is 12.4. The van der Waals surface area contributed by atoms with Gasteiger partial charge in [-0.25, -0.2) is 13.1 Å². The molecule has 1 saturated carbocycles. The van der Waals surface area contributed by atoms with Crippen molar-refractivity contribution in [2.24, 2.45) is 17.6 Å². The first-order valence-corrected chi connectivity index (χ1v) is 8.30. The number of nitrogens with one attached hydrogen (secondary N) is 1. The molecule has 3 N–H and O–H groups in total. The van der Waals surface area contributed by atoms with E-state index in [-0.39, 0.29) is 11.4 Å². The molecule has 108 valence electrons. The van der Waals surface area contributed by atoms with E-state index in [4.69, 9.17) is 5.73 Å². The third kappa shape index (κ3) is 4.07. The summed E-state index contributed by atoms with van der Waals surface area (Å²) in [6.45, 7) is 2.84. The minimum absolute atomic E-state index is 0.254. The van der Waals surface area contributed by atoms with Crippen LogP contribution in [0.25, 0.3) is 0 Å². The smallest absolute Gasteiger partial charge is 0.240 e. The minimum Gasteiger partial charge on any atom is -0.320 e. The van der Waals surface area contributed by atoms with Crippen LogP contribution >= 0.6 is 0 Å². The molecule has 5 heteroatoms. The summed E-state index contributed by atoms with van der Waals surface area (Å²) in [7, 11) is -3.46. The van der Waals surface area contributed by atoms with Crippen molar-refractivity contribution in [2.75, 3.05) is 13.1 Å². The molecule has 1 aromatic rings. The topological polar surface area (TPSA) is 72.2 Å². The summed E-state index contributed by atoms with van der Waals surface area (Å²) in [6, 6.07) is 6.62. The van der Waals surface area contributed by atoms with Crippen LogP contribution in [0, 0.1) is 23.7 Å². The number of hydrogen-bond acceptors (Lipinski definition) is 3. The third-order valence-electron chi connectivity index (χ3n) is 3.50. The van der Waals surface area contributed by atoms with E-state index in [1.54, 1.807) is 24.3 Å². The molecule has 0 aromatic heterocycles. The van der Waals surface area contributed by atoms with Gasteiger partial charge in [0.2, 0.25) is 10.0 Å². The van der Waals surface area contributed by atoms with Crippen LogP contribution in [-0.4, -0.2) is 21.5 Å². The summed E-state index contributed by atoms with van der Waals surface area (Å²) in [5.74, 6) is 6.64. The summed E-state index contributed by atoms with van der Waals surface area (Å²) in [5, 5.41) is 0. The van der Waals surface area contributed by atoms with Crippen molar-refractivity contribution >= 4 is 10.0 Å². The standard InChI is InChI=1S/C15H20N2O2S/c1-12(14-7-8-14)11-17-20(18,19)15-6-2-4-13(10-15)5-3-9-16/h2,4,6,10,12,14,17H,7-9,11,16H2,1H3. The Balaban J connectivity index is 2.07. The van der Waals surface area contributed by atoms with Gasteiger partial charge in [-0.3, -0.25) is 0 Å². The van der Waals surface area contributed by atoms with Crippen molar-refractivity contribution in [2.45, 2.75) is 24.7 Å². The number of benzene rings is 1. The fourth-order valence-corrected chi connectivity index (χ4v) is 3.24. The maximum absolute atomic E-state index is 12.2. The number of sulfonamides is 1. The van der Waals surface area contributed by atoms with Crippen LogP contribution in [0.1, 0.15) is 25.3 Å². The molecule has 0 aliphatic heterocycles. The lowest BCUT2D eigenvalue weighted by atomic mass is 10.1. The maximum atomic E-state index is 12.2. The predicted octanol–water partition coefficient (Wildman–Crippen LogP) is 1.32. The lowest BCUT2D eigenvalue weighted by Gasteiger charge is -2.12. The molecule has 4 nitrogen and oxygen atoms in total. The second-order valence-electron chi connectivity index (χ2n) is 5.20. The summed E-state index contributed by atoms with van der Waals surface area (Å²) >= 11 is 0. The number of hydrogen-bond donors (Lipinski definition) is 2. The van der Waals surface area contributed by atoms with Crippen LogP contribution in [-0.2, 0) is 10.0 Å². The third-order valence-corrected chi connectivity index (χ3v) is 4.92. The Hall–Kier alpha value is -1.35. The molecular formula is C15H20N2O2S. The van der Waals surface area contributed by atoms with Crippen molar-refractivity contribution in [1.82, 2.24) is 4.72 Å². The van der Waals surface area contributed by atoms with E-state index in [9.17, 15) is 8.42 Å². The van der Waals surface area contributed by atoms with E-state index in [0.717, 1.165) is 0 Å². The highest BCUT2D eigenvalue weighted by Gasteiger charge is 2.28. The summed E-state index contributed by atoms with van der Waals surface area (Å²) in [6.07, 6.45) is 2.43. The fourth-order valence-electron chi connectivity index (χ4n) is 2.05. The summed E-state index contributed by atoms with van der Waals surface area (Å²) < 4.78 is 27.1. The Morgan fingerprint density at radius 3 is 2.85 bits per heavy atom. The molecule has 1 aromatic carbocycles. The Labute approximate surface area is 120 Å². The number of nitrogens with two attached hydrogens (primary N) is 1. The van der Waals surface area contributed by atoms with Crippen LogP contribution in [0.3, 0.4) is 0 Å². The van der Waals surface area contributed by atoms with Crippen LogP contribution < -0.4 is 10.5 Å². The monoisotopic (exact) mass is 292 g/mol. The minimum atomic E-state index is -3.46. The van der Waals surface area contributed by atoms with E-state index in [2.05, 4.69) is 23.5 Å². The van der Waals surface area contributed by atoms with Crippen molar-refractivity contribution in [1.29, 1.82) is 0 Å². The van der Waals surface area contributed by atoms with Gasteiger partial charge in [-0.1, -0.05) is 24.8 Å². The first-order chi connectivity index (χ1) is 9.53. The Bertz CT molecular complexity index is 625. The average molecular weight is 292 g/mol. The quantitative estimate of drug-likeness (QED) is 0.804.